The average molecular weight is 413 g/mol. The Bertz CT molecular complexity index is 999. The van der Waals surface area contributed by atoms with Gasteiger partial charge in [-0.15, -0.1) is 11.3 Å². The molecule has 0 fully saturated rings. The number of benzene rings is 1. The van der Waals surface area contributed by atoms with Crippen LogP contribution in [-0.2, 0) is 19.4 Å². The van der Waals surface area contributed by atoms with E-state index in [1.807, 2.05) is 43.3 Å². The van der Waals surface area contributed by atoms with Crippen LogP contribution in [-0.4, -0.2) is 21.9 Å². The molecule has 0 saturated carbocycles. The van der Waals surface area contributed by atoms with Crippen LogP contribution in [0.1, 0.15) is 49.8 Å². The van der Waals surface area contributed by atoms with Crippen LogP contribution in [0, 0.1) is 6.92 Å². The molecule has 0 aliphatic heterocycles. The van der Waals surface area contributed by atoms with Gasteiger partial charge in [0, 0.05) is 4.88 Å². The van der Waals surface area contributed by atoms with Crippen molar-refractivity contribution in [1.29, 1.82) is 0 Å². The Hall–Kier alpha value is -2.44. The fourth-order valence-electron chi connectivity index (χ4n) is 3.39. The summed E-state index contributed by atoms with van der Waals surface area (Å²) in [5.74, 6) is -0.180. The second-order valence-electron chi connectivity index (χ2n) is 6.90. The normalized spacial score (nSPS) is 13.6. The molecule has 0 atom stereocenters. The molecule has 2 aromatic heterocycles. The maximum Gasteiger partial charge on any atom is 0.281 e. The van der Waals surface area contributed by atoms with Crippen molar-refractivity contribution in [2.75, 3.05) is 0 Å². The van der Waals surface area contributed by atoms with E-state index in [0.29, 0.717) is 22.1 Å². The summed E-state index contributed by atoms with van der Waals surface area (Å²) in [6.45, 7) is 2.46. The van der Waals surface area contributed by atoms with Crippen LogP contribution in [0.4, 0.5) is 0 Å². The molecule has 28 heavy (non-hydrogen) atoms. The molecule has 0 saturated heterocycles. The number of thiophene rings is 1. The third-order valence-electron chi connectivity index (χ3n) is 4.86. The van der Waals surface area contributed by atoms with Crippen LogP contribution < -0.4 is 5.43 Å². The molecule has 1 amide bonds. The van der Waals surface area contributed by atoms with Crippen molar-refractivity contribution in [1.82, 2.24) is 15.2 Å². The third kappa shape index (κ3) is 4.03. The Kier molecular flexibility index (Phi) is 5.59. The summed E-state index contributed by atoms with van der Waals surface area (Å²) in [4.78, 5) is 14.4. The number of halogens is 1. The molecule has 7 heteroatoms. The number of carbonyl (C=O) groups excluding carboxylic acids is 1. The largest absolute Gasteiger partial charge is 0.281 e. The number of aryl methyl sites for hydroxylation is 3. The number of carbonyl (C=O) groups is 1. The molecule has 0 bridgehead atoms. The third-order valence-corrected chi connectivity index (χ3v) is 6.50. The van der Waals surface area contributed by atoms with Gasteiger partial charge in [-0.2, -0.15) is 10.2 Å². The van der Waals surface area contributed by atoms with Crippen molar-refractivity contribution in [2.45, 2.75) is 39.2 Å². The van der Waals surface area contributed by atoms with Gasteiger partial charge in [0.25, 0.3) is 5.91 Å². The lowest BCUT2D eigenvalue weighted by Gasteiger charge is -2.08. The lowest BCUT2D eigenvalue weighted by molar-refractivity contribution is 0.0959. The van der Waals surface area contributed by atoms with Crippen LogP contribution in [0.15, 0.2) is 41.5 Å². The van der Waals surface area contributed by atoms with Crippen LogP contribution in [0.3, 0.4) is 0 Å². The van der Waals surface area contributed by atoms with Gasteiger partial charge in [-0.05, 0) is 49.8 Å². The maximum atomic E-state index is 12.4. The Morgan fingerprint density at radius 1 is 1.32 bits per heavy atom. The fourth-order valence-corrected chi connectivity index (χ4v) is 4.81. The highest BCUT2D eigenvalue weighted by molar-refractivity contribution is 7.14. The van der Waals surface area contributed by atoms with E-state index in [-0.39, 0.29) is 5.91 Å². The predicted octanol–water partition coefficient (Wildman–Crippen LogP) is 4.60. The van der Waals surface area contributed by atoms with Gasteiger partial charge in [-0.3, -0.25) is 4.79 Å². The van der Waals surface area contributed by atoms with Gasteiger partial charge in [0.15, 0.2) is 0 Å². The van der Waals surface area contributed by atoms with Gasteiger partial charge in [-0.25, -0.2) is 10.1 Å². The summed E-state index contributed by atoms with van der Waals surface area (Å²) in [6, 6.07) is 12.0. The van der Waals surface area contributed by atoms with Gasteiger partial charge in [0.1, 0.15) is 5.15 Å². The summed E-state index contributed by atoms with van der Waals surface area (Å²) in [7, 11) is 0. The molecule has 1 aromatic carbocycles. The van der Waals surface area contributed by atoms with E-state index in [4.69, 9.17) is 11.6 Å². The molecule has 2 heterocycles. The maximum absolute atomic E-state index is 12.4. The summed E-state index contributed by atoms with van der Waals surface area (Å²) in [5.41, 5.74) is 6.52. The molecular formula is C21H21ClN4OS. The Morgan fingerprint density at radius 3 is 2.89 bits per heavy atom. The first kappa shape index (κ1) is 18.9. The zero-order chi connectivity index (χ0) is 19.5. The molecule has 144 valence electrons. The number of hydrogen-bond donors (Lipinski definition) is 1. The average Bonchev–Trinajstić information content (AvgIpc) is 3.25. The zero-order valence-corrected chi connectivity index (χ0v) is 17.2. The first-order chi connectivity index (χ1) is 13.6. The second-order valence-corrected chi connectivity index (χ2v) is 8.39. The lowest BCUT2D eigenvalue weighted by Crippen LogP contribution is -2.16. The topological polar surface area (TPSA) is 59.3 Å². The number of nitrogens with zero attached hydrogens (tertiary/aromatic N) is 3. The molecule has 5 nitrogen and oxygen atoms in total. The summed E-state index contributed by atoms with van der Waals surface area (Å²) in [5, 5.41) is 9.10. The molecule has 4 rings (SSSR count). The van der Waals surface area contributed by atoms with Crippen LogP contribution >= 0.6 is 22.9 Å². The minimum atomic E-state index is -0.180. The standard InChI is InChI=1S/C21H21ClN4OS/c1-14-17(20(22)26(25-14)13-15-7-3-2-4-8-15)12-23-24-21(27)19-11-16-9-5-6-10-18(16)28-19/h2-4,7-8,11-12H,5-6,9-10,13H2,1H3,(H,24,27)/b23-12-. The second kappa shape index (κ2) is 8.29. The molecule has 3 aromatic rings. The fraction of sp³-hybridized carbons (Fsp3) is 0.286. The van der Waals surface area contributed by atoms with E-state index < -0.39 is 0 Å². The number of amides is 1. The highest BCUT2D eigenvalue weighted by Crippen LogP contribution is 2.29. The highest BCUT2D eigenvalue weighted by atomic mass is 35.5. The van der Waals surface area contributed by atoms with Crippen molar-refractivity contribution in [3.05, 3.63) is 73.7 Å². The molecule has 0 radical (unpaired) electrons. The summed E-state index contributed by atoms with van der Waals surface area (Å²) in [6.07, 6.45) is 6.12. The van der Waals surface area contributed by atoms with Gasteiger partial charge < -0.3 is 0 Å². The number of aromatic nitrogens is 2. The molecular weight excluding hydrogens is 392 g/mol. The molecule has 0 spiro atoms. The van der Waals surface area contributed by atoms with E-state index in [1.54, 1.807) is 22.2 Å². The quantitative estimate of drug-likeness (QED) is 0.492. The Labute approximate surface area is 173 Å². The van der Waals surface area contributed by atoms with Gasteiger partial charge >= 0.3 is 0 Å². The monoisotopic (exact) mass is 412 g/mol. The van der Waals surface area contributed by atoms with Gasteiger partial charge in [0.05, 0.1) is 28.9 Å². The first-order valence-corrected chi connectivity index (χ1v) is 10.5. The van der Waals surface area contributed by atoms with E-state index in [9.17, 15) is 4.79 Å². The summed E-state index contributed by atoms with van der Waals surface area (Å²) >= 11 is 8.05. The van der Waals surface area contributed by atoms with Crippen molar-refractivity contribution < 1.29 is 4.79 Å². The molecule has 1 aliphatic carbocycles. The van der Waals surface area contributed by atoms with Gasteiger partial charge in [-0.1, -0.05) is 41.9 Å². The zero-order valence-electron chi connectivity index (χ0n) is 15.6. The van der Waals surface area contributed by atoms with Crippen LogP contribution in [0.2, 0.25) is 5.15 Å². The van der Waals surface area contributed by atoms with E-state index in [1.165, 1.54) is 23.3 Å². The number of hydrazone groups is 1. The molecule has 1 N–H and O–H groups in total. The van der Waals surface area contributed by atoms with E-state index in [0.717, 1.165) is 24.1 Å². The number of rotatable bonds is 5. The Balaban J connectivity index is 1.44. The number of fused-ring (bicyclic) bond motifs is 1. The summed E-state index contributed by atoms with van der Waals surface area (Å²) < 4.78 is 1.74. The minimum absolute atomic E-state index is 0.180. The van der Waals surface area contributed by atoms with Crippen molar-refractivity contribution in [3.63, 3.8) is 0 Å². The number of hydrogen-bond acceptors (Lipinski definition) is 4. The Morgan fingerprint density at radius 2 is 2.11 bits per heavy atom. The minimum Gasteiger partial charge on any atom is -0.266 e. The van der Waals surface area contributed by atoms with Crippen LogP contribution in [0.25, 0.3) is 0 Å². The van der Waals surface area contributed by atoms with Crippen molar-refractivity contribution in [3.8, 4) is 0 Å². The first-order valence-electron chi connectivity index (χ1n) is 9.33. The van der Waals surface area contributed by atoms with Crippen molar-refractivity contribution in [2.24, 2.45) is 5.10 Å². The number of nitrogens with one attached hydrogen (secondary N) is 1. The lowest BCUT2D eigenvalue weighted by atomic mass is 9.99. The van der Waals surface area contributed by atoms with Crippen LogP contribution in [0.5, 0.6) is 0 Å². The predicted molar refractivity (Wildman–Crippen MR) is 114 cm³/mol. The molecule has 0 unspecified atom stereocenters. The van der Waals surface area contributed by atoms with E-state index >= 15 is 0 Å². The SMILES string of the molecule is Cc1nn(Cc2ccccc2)c(Cl)c1/C=N\NC(=O)c1cc2c(s1)CCCC2. The van der Waals surface area contributed by atoms with E-state index in [2.05, 4.69) is 15.6 Å². The van der Waals surface area contributed by atoms with Gasteiger partial charge in [0.2, 0.25) is 0 Å². The smallest absolute Gasteiger partial charge is 0.266 e. The highest BCUT2D eigenvalue weighted by Gasteiger charge is 2.17. The molecule has 1 aliphatic rings. The van der Waals surface area contributed by atoms with Crippen molar-refractivity contribution >= 4 is 35.1 Å².